The molecule has 1 amide bonds. The molecule has 4 nitrogen and oxygen atoms in total. The van der Waals surface area contributed by atoms with Gasteiger partial charge in [0.05, 0.1) is 24.5 Å². The molecule has 25 heavy (non-hydrogen) atoms. The van der Waals surface area contributed by atoms with Crippen LogP contribution in [-0.2, 0) is 4.79 Å². The van der Waals surface area contributed by atoms with Crippen LogP contribution in [-0.4, -0.2) is 30.9 Å². The van der Waals surface area contributed by atoms with Crippen LogP contribution in [0.25, 0.3) is 0 Å². The van der Waals surface area contributed by atoms with E-state index in [1.54, 1.807) is 0 Å². The highest BCUT2D eigenvalue weighted by atomic mass is 32.2. The number of fused-ring (bicyclic) bond motifs is 1. The van der Waals surface area contributed by atoms with Gasteiger partial charge >= 0.3 is 0 Å². The van der Waals surface area contributed by atoms with E-state index in [0.717, 1.165) is 30.1 Å². The number of para-hydroxylation sites is 3. The molecule has 1 aliphatic heterocycles. The Morgan fingerprint density at radius 2 is 2.00 bits per heavy atom. The van der Waals surface area contributed by atoms with Gasteiger partial charge in [0.2, 0.25) is 5.91 Å². The summed E-state index contributed by atoms with van der Waals surface area (Å²) >= 11 is 1.84. The van der Waals surface area contributed by atoms with E-state index in [2.05, 4.69) is 18.3 Å². The number of thioether (sulfide) groups is 1. The van der Waals surface area contributed by atoms with Crippen molar-refractivity contribution in [1.82, 2.24) is 0 Å². The average Bonchev–Trinajstić information content (AvgIpc) is 2.79. The van der Waals surface area contributed by atoms with Crippen LogP contribution in [0.3, 0.4) is 0 Å². The van der Waals surface area contributed by atoms with Crippen molar-refractivity contribution in [2.45, 2.75) is 30.4 Å². The SMILES string of the molecule is CCOc1ccccc1NCC(=O)N1CCC(C)Sc2ccccc21. The molecule has 0 aliphatic carbocycles. The molecule has 5 heteroatoms. The van der Waals surface area contributed by atoms with Crippen LogP contribution in [0.2, 0.25) is 0 Å². The Morgan fingerprint density at radius 1 is 1.24 bits per heavy atom. The van der Waals surface area contributed by atoms with Gasteiger partial charge in [-0.05, 0) is 37.6 Å². The molecule has 1 aliphatic rings. The fourth-order valence-electron chi connectivity index (χ4n) is 2.91. The zero-order chi connectivity index (χ0) is 17.6. The van der Waals surface area contributed by atoms with Crippen molar-refractivity contribution in [3.63, 3.8) is 0 Å². The smallest absolute Gasteiger partial charge is 0.246 e. The van der Waals surface area contributed by atoms with Gasteiger partial charge in [-0.1, -0.05) is 31.2 Å². The zero-order valence-electron chi connectivity index (χ0n) is 14.7. The molecule has 0 saturated carbocycles. The standard InChI is InChI=1S/C20H24N2O2S/c1-3-24-18-10-6-4-8-16(18)21-14-20(23)22-13-12-15(2)25-19-11-7-5-9-17(19)22/h4-11,15,21H,3,12-14H2,1-2H3. The highest BCUT2D eigenvalue weighted by Crippen LogP contribution is 2.37. The van der Waals surface area contributed by atoms with E-state index in [9.17, 15) is 4.79 Å². The van der Waals surface area contributed by atoms with E-state index >= 15 is 0 Å². The number of nitrogens with zero attached hydrogens (tertiary/aromatic N) is 1. The molecule has 0 bridgehead atoms. The van der Waals surface area contributed by atoms with Gasteiger partial charge < -0.3 is 15.0 Å². The third-order valence-corrected chi connectivity index (χ3v) is 5.40. The third kappa shape index (κ3) is 4.28. The topological polar surface area (TPSA) is 41.6 Å². The van der Waals surface area contributed by atoms with Crippen LogP contribution < -0.4 is 15.0 Å². The molecule has 0 fully saturated rings. The molecule has 1 unspecified atom stereocenters. The Hall–Kier alpha value is -2.14. The second-order valence-corrected chi connectivity index (χ2v) is 7.49. The number of rotatable bonds is 5. The number of hydrogen-bond donors (Lipinski definition) is 1. The number of nitrogens with one attached hydrogen (secondary N) is 1. The third-order valence-electron chi connectivity index (χ3n) is 4.16. The van der Waals surface area contributed by atoms with Crippen molar-refractivity contribution in [3.05, 3.63) is 48.5 Å². The van der Waals surface area contributed by atoms with Gasteiger partial charge in [-0.2, -0.15) is 0 Å². The molecule has 0 saturated heterocycles. The molecule has 2 aromatic rings. The molecule has 2 aromatic carbocycles. The number of carbonyl (C=O) groups is 1. The first kappa shape index (κ1) is 17.7. The minimum absolute atomic E-state index is 0.0773. The van der Waals surface area contributed by atoms with Gasteiger partial charge in [-0.25, -0.2) is 0 Å². The molecule has 3 rings (SSSR count). The molecular weight excluding hydrogens is 332 g/mol. The molecule has 0 aromatic heterocycles. The fraction of sp³-hybridized carbons (Fsp3) is 0.350. The molecule has 0 spiro atoms. The average molecular weight is 356 g/mol. The summed E-state index contributed by atoms with van der Waals surface area (Å²) in [5, 5.41) is 3.74. The number of amides is 1. The van der Waals surface area contributed by atoms with Gasteiger partial charge in [0, 0.05) is 16.7 Å². The Balaban J connectivity index is 1.73. The van der Waals surface area contributed by atoms with Gasteiger partial charge in [-0.3, -0.25) is 4.79 Å². The van der Waals surface area contributed by atoms with Crippen molar-refractivity contribution >= 4 is 29.0 Å². The van der Waals surface area contributed by atoms with E-state index in [1.165, 1.54) is 4.90 Å². The van der Waals surface area contributed by atoms with Gasteiger partial charge in [0.1, 0.15) is 5.75 Å². The first-order valence-electron chi connectivity index (χ1n) is 8.70. The van der Waals surface area contributed by atoms with Crippen molar-refractivity contribution in [1.29, 1.82) is 0 Å². The molecule has 132 valence electrons. The Bertz CT molecular complexity index is 735. The predicted octanol–water partition coefficient (Wildman–Crippen LogP) is 4.41. The maximum Gasteiger partial charge on any atom is 0.246 e. The van der Waals surface area contributed by atoms with E-state index in [-0.39, 0.29) is 12.5 Å². The summed E-state index contributed by atoms with van der Waals surface area (Å²) in [6.45, 7) is 5.76. The minimum atomic E-state index is 0.0773. The minimum Gasteiger partial charge on any atom is -0.492 e. The maximum absolute atomic E-state index is 12.9. The quantitative estimate of drug-likeness (QED) is 0.861. The predicted molar refractivity (Wildman–Crippen MR) is 105 cm³/mol. The second-order valence-electron chi connectivity index (χ2n) is 6.01. The van der Waals surface area contributed by atoms with E-state index in [4.69, 9.17) is 4.74 Å². The highest BCUT2D eigenvalue weighted by Gasteiger charge is 2.23. The lowest BCUT2D eigenvalue weighted by Crippen LogP contribution is -2.36. The summed E-state index contributed by atoms with van der Waals surface area (Å²) in [5.74, 6) is 0.853. The number of benzene rings is 2. The first-order chi connectivity index (χ1) is 12.2. The van der Waals surface area contributed by atoms with Crippen LogP contribution in [0.4, 0.5) is 11.4 Å². The van der Waals surface area contributed by atoms with Crippen molar-refractivity contribution in [2.24, 2.45) is 0 Å². The zero-order valence-corrected chi connectivity index (χ0v) is 15.5. The second kappa shape index (κ2) is 8.30. The molecular formula is C20H24N2O2S. The summed E-state index contributed by atoms with van der Waals surface area (Å²) in [6, 6.07) is 15.9. The van der Waals surface area contributed by atoms with E-state index in [1.807, 2.05) is 66.1 Å². The van der Waals surface area contributed by atoms with Crippen LogP contribution >= 0.6 is 11.8 Å². The summed E-state index contributed by atoms with van der Waals surface area (Å²) in [6.07, 6.45) is 0.987. The van der Waals surface area contributed by atoms with Crippen molar-refractivity contribution < 1.29 is 9.53 Å². The lowest BCUT2D eigenvalue weighted by molar-refractivity contribution is -0.117. The van der Waals surface area contributed by atoms with Gasteiger partial charge in [-0.15, -0.1) is 11.8 Å². The number of hydrogen-bond acceptors (Lipinski definition) is 4. The summed E-state index contributed by atoms with van der Waals surface area (Å²) < 4.78 is 5.61. The van der Waals surface area contributed by atoms with Crippen LogP contribution in [0, 0.1) is 0 Å². The number of ether oxygens (including phenoxy) is 1. The Labute approximate surface area is 153 Å². The van der Waals surface area contributed by atoms with E-state index < -0.39 is 0 Å². The summed E-state index contributed by atoms with van der Waals surface area (Å²) in [4.78, 5) is 16.0. The largest absolute Gasteiger partial charge is 0.492 e. The normalized spacial score (nSPS) is 16.7. The van der Waals surface area contributed by atoms with Gasteiger partial charge in [0.15, 0.2) is 0 Å². The van der Waals surface area contributed by atoms with Crippen LogP contribution in [0.1, 0.15) is 20.3 Å². The molecule has 1 atom stereocenters. The Kier molecular flexibility index (Phi) is 5.87. The first-order valence-corrected chi connectivity index (χ1v) is 9.58. The summed E-state index contributed by atoms with van der Waals surface area (Å²) in [5.41, 5.74) is 1.87. The van der Waals surface area contributed by atoms with Crippen LogP contribution in [0.15, 0.2) is 53.4 Å². The van der Waals surface area contributed by atoms with Crippen molar-refractivity contribution in [3.8, 4) is 5.75 Å². The fourth-order valence-corrected chi connectivity index (χ4v) is 4.02. The monoisotopic (exact) mass is 356 g/mol. The van der Waals surface area contributed by atoms with Crippen molar-refractivity contribution in [2.75, 3.05) is 29.9 Å². The maximum atomic E-state index is 12.9. The lowest BCUT2D eigenvalue weighted by Gasteiger charge is -2.23. The van der Waals surface area contributed by atoms with E-state index in [0.29, 0.717) is 11.9 Å². The summed E-state index contributed by atoms with van der Waals surface area (Å²) in [7, 11) is 0. The molecule has 1 heterocycles. The van der Waals surface area contributed by atoms with Crippen LogP contribution in [0.5, 0.6) is 5.75 Å². The Morgan fingerprint density at radius 3 is 2.84 bits per heavy atom. The highest BCUT2D eigenvalue weighted by molar-refractivity contribution is 8.00. The number of carbonyl (C=O) groups excluding carboxylic acids is 1. The van der Waals surface area contributed by atoms with Gasteiger partial charge in [0.25, 0.3) is 0 Å². The molecule has 0 radical (unpaired) electrons. The number of anilines is 2. The lowest BCUT2D eigenvalue weighted by atomic mass is 10.2. The molecule has 1 N–H and O–H groups in total.